The van der Waals surface area contributed by atoms with Crippen molar-refractivity contribution in [3.63, 3.8) is 0 Å². The topological polar surface area (TPSA) is 0 Å². The normalized spacial score (nSPS) is 9.22. The fourth-order valence-electron chi connectivity index (χ4n) is 2.14. The maximum atomic E-state index is 3.41. The van der Waals surface area contributed by atoms with Crippen LogP contribution in [0.1, 0.15) is 57.6 Å². The molecule has 1 heteroatoms. The number of halogens is 1. The summed E-state index contributed by atoms with van der Waals surface area (Å²) in [7, 11) is 0. The van der Waals surface area contributed by atoms with E-state index in [1.165, 1.54) is 49.7 Å². The second kappa shape index (κ2) is 17.3. The molecule has 0 aliphatic rings. The smallest absolute Gasteiger partial charge is 0.00344 e. The minimum absolute atomic E-state index is 1.10. The molecule has 2 rings (SSSR count). The summed E-state index contributed by atoms with van der Waals surface area (Å²) in [6, 6.07) is 21.3. The summed E-state index contributed by atoms with van der Waals surface area (Å²) in [4.78, 5) is 0. The maximum Gasteiger partial charge on any atom is 0.00344 e. The van der Waals surface area contributed by atoms with Gasteiger partial charge in [0.25, 0.3) is 0 Å². The molecule has 23 heavy (non-hydrogen) atoms. The van der Waals surface area contributed by atoms with E-state index in [1.54, 1.807) is 0 Å². The first-order valence-corrected chi connectivity index (χ1v) is 10.1. The van der Waals surface area contributed by atoms with Gasteiger partial charge >= 0.3 is 0 Å². The van der Waals surface area contributed by atoms with Gasteiger partial charge in [0.1, 0.15) is 0 Å². The van der Waals surface area contributed by atoms with Gasteiger partial charge in [0.05, 0.1) is 0 Å². The molecule has 0 atom stereocenters. The summed E-state index contributed by atoms with van der Waals surface area (Å²) < 4.78 is 0. The Kier molecular flexibility index (Phi) is 16.5. The van der Waals surface area contributed by atoms with Gasteiger partial charge < -0.3 is 0 Å². The van der Waals surface area contributed by atoms with Crippen LogP contribution in [0.5, 0.6) is 0 Å². The average molecular weight is 377 g/mol. The molecule has 0 aromatic heterocycles. The lowest BCUT2D eigenvalue weighted by atomic mass is 10.1. The molecular formula is C22H33Br. The van der Waals surface area contributed by atoms with E-state index in [2.05, 4.69) is 83.5 Å². The fraction of sp³-hybridized carbons (Fsp3) is 0.455. The first-order valence-electron chi connectivity index (χ1n) is 9.00. The lowest BCUT2D eigenvalue weighted by Crippen LogP contribution is -1.83. The number of aryl methyl sites for hydroxylation is 2. The highest BCUT2D eigenvalue weighted by molar-refractivity contribution is 9.09. The zero-order valence-electron chi connectivity index (χ0n) is 15.1. The van der Waals surface area contributed by atoms with Crippen LogP contribution in [0.4, 0.5) is 0 Å². The standard InChI is InChI=1S/C11H16.C9H11Br.C2H6/c1-2-3-5-8-11-9-6-4-7-10-11;10-8-4-7-9-5-2-1-3-6-9;1-2/h4,6-7,9-10H,2-3,5,8H2,1H3;1-3,5-6H,4,7-8H2;1-2H3. The van der Waals surface area contributed by atoms with E-state index >= 15 is 0 Å². The highest BCUT2D eigenvalue weighted by Crippen LogP contribution is 2.05. The fourth-order valence-corrected chi connectivity index (χ4v) is 2.42. The second-order valence-corrected chi connectivity index (χ2v) is 6.01. The third-order valence-electron chi connectivity index (χ3n) is 3.35. The van der Waals surface area contributed by atoms with Gasteiger partial charge in [-0.25, -0.2) is 0 Å². The van der Waals surface area contributed by atoms with Crippen LogP contribution in [0.25, 0.3) is 0 Å². The second-order valence-electron chi connectivity index (χ2n) is 5.22. The molecule has 0 bridgehead atoms. The molecule has 0 nitrogen and oxygen atoms in total. The van der Waals surface area contributed by atoms with Gasteiger partial charge in [0.15, 0.2) is 0 Å². The Morgan fingerprint density at radius 1 is 0.652 bits per heavy atom. The van der Waals surface area contributed by atoms with E-state index < -0.39 is 0 Å². The van der Waals surface area contributed by atoms with Crippen molar-refractivity contribution < 1.29 is 0 Å². The zero-order chi connectivity index (χ0) is 17.2. The SMILES string of the molecule is BrCCCc1ccccc1.CC.CCCCCc1ccccc1. The lowest BCUT2D eigenvalue weighted by molar-refractivity contribution is 0.717. The van der Waals surface area contributed by atoms with E-state index in [1.807, 2.05) is 13.8 Å². The van der Waals surface area contributed by atoms with Crippen molar-refractivity contribution in [2.75, 3.05) is 5.33 Å². The van der Waals surface area contributed by atoms with Crippen molar-refractivity contribution in [2.45, 2.75) is 59.3 Å². The number of rotatable bonds is 7. The molecule has 0 unspecified atom stereocenters. The van der Waals surface area contributed by atoms with Crippen molar-refractivity contribution in [1.82, 2.24) is 0 Å². The van der Waals surface area contributed by atoms with Gasteiger partial charge in [-0.05, 0) is 36.8 Å². The van der Waals surface area contributed by atoms with Crippen LogP contribution in [0.15, 0.2) is 60.7 Å². The van der Waals surface area contributed by atoms with Gasteiger partial charge in [-0.3, -0.25) is 0 Å². The van der Waals surface area contributed by atoms with Crippen molar-refractivity contribution in [3.8, 4) is 0 Å². The molecule has 0 radical (unpaired) electrons. The average Bonchev–Trinajstić information content (AvgIpc) is 2.64. The zero-order valence-corrected chi connectivity index (χ0v) is 16.7. The van der Waals surface area contributed by atoms with Crippen molar-refractivity contribution in [2.24, 2.45) is 0 Å². The van der Waals surface area contributed by atoms with Crippen molar-refractivity contribution >= 4 is 15.9 Å². The predicted molar refractivity (Wildman–Crippen MR) is 110 cm³/mol. The summed E-state index contributed by atoms with van der Waals surface area (Å²) in [5.41, 5.74) is 2.91. The Balaban J connectivity index is 0.000000381. The van der Waals surface area contributed by atoms with Crippen LogP contribution in [-0.2, 0) is 12.8 Å². The van der Waals surface area contributed by atoms with Gasteiger partial charge in [-0.15, -0.1) is 0 Å². The minimum Gasteiger partial charge on any atom is -0.0928 e. The molecule has 0 aliphatic heterocycles. The van der Waals surface area contributed by atoms with E-state index in [4.69, 9.17) is 0 Å². The molecule has 2 aromatic rings. The third kappa shape index (κ3) is 13.1. The Hall–Kier alpha value is -1.08. The van der Waals surface area contributed by atoms with Crippen LogP contribution in [0.2, 0.25) is 0 Å². The van der Waals surface area contributed by atoms with Crippen molar-refractivity contribution in [1.29, 1.82) is 0 Å². The lowest BCUT2D eigenvalue weighted by Gasteiger charge is -1.98. The minimum atomic E-state index is 1.10. The van der Waals surface area contributed by atoms with Gasteiger partial charge in [-0.2, -0.15) is 0 Å². The van der Waals surface area contributed by atoms with E-state index in [9.17, 15) is 0 Å². The molecular weight excluding hydrogens is 344 g/mol. The van der Waals surface area contributed by atoms with Gasteiger partial charge in [-0.1, -0.05) is 110 Å². The number of hydrogen-bond acceptors (Lipinski definition) is 0. The summed E-state index contributed by atoms with van der Waals surface area (Å²) >= 11 is 3.41. The quantitative estimate of drug-likeness (QED) is 0.347. The van der Waals surface area contributed by atoms with E-state index in [0.717, 1.165) is 5.33 Å². The summed E-state index contributed by atoms with van der Waals surface area (Å²) in [6.07, 6.45) is 7.66. The molecule has 0 aliphatic carbocycles. The molecule has 0 N–H and O–H groups in total. The predicted octanol–water partition coefficient (Wildman–Crippen LogP) is 7.46. The van der Waals surface area contributed by atoms with Crippen LogP contribution in [0.3, 0.4) is 0 Å². The highest BCUT2D eigenvalue weighted by Gasteiger charge is 1.89. The van der Waals surface area contributed by atoms with Crippen LogP contribution in [0, 0.1) is 0 Å². The van der Waals surface area contributed by atoms with Crippen LogP contribution < -0.4 is 0 Å². The Morgan fingerprint density at radius 3 is 1.48 bits per heavy atom. The van der Waals surface area contributed by atoms with Crippen molar-refractivity contribution in [3.05, 3.63) is 71.8 Å². The molecule has 0 saturated heterocycles. The Bertz CT molecular complexity index is 436. The molecule has 128 valence electrons. The third-order valence-corrected chi connectivity index (χ3v) is 3.91. The van der Waals surface area contributed by atoms with Crippen LogP contribution >= 0.6 is 15.9 Å². The molecule has 0 saturated carbocycles. The summed E-state index contributed by atoms with van der Waals surface area (Å²) in [6.45, 7) is 6.24. The van der Waals surface area contributed by atoms with Crippen LogP contribution in [-0.4, -0.2) is 5.33 Å². The summed E-state index contributed by atoms with van der Waals surface area (Å²) in [5, 5.41) is 1.10. The number of alkyl halides is 1. The van der Waals surface area contributed by atoms with E-state index in [-0.39, 0.29) is 0 Å². The maximum absolute atomic E-state index is 3.41. The number of benzene rings is 2. The number of unbranched alkanes of at least 4 members (excludes halogenated alkanes) is 2. The van der Waals surface area contributed by atoms with Gasteiger partial charge in [0, 0.05) is 5.33 Å². The Morgan fingerprint density at radius 2 is 1.09 bits per heavy atom. The first kappa shape index (κ1) is 21.9. The van der Waals surface area contributed by atoms with Gasteiger partial charge in [0.2, 0.25) is 0 Å². The molecule has 0 fully saturated rings. The molecule has 0 spiro atoms. The molecule has 2 aromatic carbocycles. The monoisotopic (exact) mass is 376 g/mol. The molecule has 0 heterocycles. The van der Waals surface area contributed by atoms with E-state index in [0.29, 0.717) is 0 Å². The largest absolute Gasteiger partial charge is 0.0928 e. The highest BCUT2D eigenvalue weighted by atomic mass is 79.9. The number of hydrogen-bond donors (Lipinski definition) is 0. The summed E-state index contributed by atoms with van der Waals surface area (Å²) in [5.74, 6) is 0. The molecule has 0 amide bonds. The first-order chi connectivity index (χ1) is 11.4. The Labute approximate surface area is 152 Å².